The van der Waals surface area contributed by atoms with Crippen LogP contribution in [0.2, 0.25) is 0 Å². The van der Waals surface area contributed by atoms with Crippen LogP contribution in [0.1, 0.15) is 29.7 Å². The summed E-state index contributed by atoms with van der Waals surface area (Å²) < 4.78 is 24.8. The van der Waals surface area contributed by atoms with Crippen LogP contribution in [-0.4, -0.2) is 28.2 Å². The van der Waals surface area contributed by atoms with Gasteiger partial charge in [0.15, 0.2) is 16.6 Å². The van der Waals surface area contributed by atoms with Crippen LogP contribution in [0.3, 0.4) is 0 Å². The Kier molecular flexibility index (Phi) is 6.86. The third-order valence-corrected chi connectivity index (χ3v) is 6.53. The van der Waals surface area contributed by atoms with Crippen molar-refractivity contribution in [3.05, 3.63) is 106 Å². The van der Waals surface area contributed by atoms with Crippen molar-refractivity contribution in [2.75, 3.05) is 13.2 Å². The molecule has 184 valence electrons. The lowest BCUT2D eigenvalue weighted by atomic mass is 10.1. The zero-order chi connectivity index (χ0) is 25.1. The van der Waals surface area contributed by atoms with E-state index in [0.717, 1.165) is 16.5 Å². The number of hydrogen-bond acceptors (Lipinski definition) is 4. The number of hydrogen-bond donors (Lipinski definition) is 2. The van der Waals surface area contributed by atoms with Crippen molar-refractivity contribution in [3.8, 4) is 11.5 Å². The van der Waals surface area contributed by atoms with Crippen molar-refractivity contribution >= 4 is 28.2 Å². The van der Waals surface area contributed by atoms with E-state index in [1.807, 2.05) is 54.3 Å². The topological polar surface area (TPSA) is 66.6 Å². The highest BCUT2D eigenvalue weighted by atomic mass is 32.1. The Balaban J connectivity index is 1.44. The molecule has 1 aliphatic rings. The van der Waals surface area contributed by atoms with E-state index in [0.29, 0.717) is 47.5 Å². The zero-order valence-corrected chi connectivity index (χ0v) is 20.6. The number of pyridine rings is 1. The van der Waals surface area contributed by atoms with E-state index in [2.05, 4.69) is 10.3 Å². The summed E-state index contributed by atoms with van der Waals surface area (Å²) in [6.07, 6.45) is 0. The highest BCUT2D eigenvalue weighted by Gasteiger charge is 2.18. The molecule has 0 saturated carbocycles. The average Bonchev–Trinajstić information content (AvgIpc) is 2.89. The van der Waals surface area contributed by atoms with Gasteiger partial charge in [-0.2, -0.15) is 0 Å². The molecule has 1 atom stereocenters. The van der Waals surface area contributed by atoms with Gasteiger partial charge >= 0.3 is 0 Å². The second kappa shape index (κ2) is 10.4. The number of ether oxygens (including phenoxy) is 2. The van der Waals surface area contributed by atoms with Crippen molar-refractivity contribution in [1.29, 1.82) is 0 Å². The predicted octanol–water partition coefficient (Wildman–Crippen LogP) is 5.08. The van der Waals surface area contributed by atoms with Crippen LogP contribution >= 0.6 is 12.2 Å². The third kappa shape index (κ3) is 5.33. The maximum atomic E-state index is 13.5. The first-order valence-electron chi connectivity index (χ1n) is 11.8. The van der Waals surface area contributed by atoms with Crippen molar-refractivity contribution in [3.63, 3.8) is 0 Å². The van der Waals surface area contributed by atoms with E-state index >= 15 is 0 Å². The minimum atomic E-state index is -0.302. The van der Waals surface area contributed by atoms with E-state index in [4.69, 9.17) is 21.7 Å². The second-order valence-electron chi connectivity index (χ2n) is 8.77. The van der Waals surface area contributed by atoms with Crippen LogP contribution in [0.25, 0.3) is 10.9 Å². The normalized spacial score (nSPS) is 13.3. The highest BCUT2D eigenvalue weighted by Crippen LogP contribution is 2.33. The number of fused-ring (bicyclic) bond motifs is 2. The Morgan fingerprint density at radius 1 is 1.03 bits per heavy atom. The molecule has 4 aromatic rings. The van der Waals surface area contributed by atoms with E-state index in [-0.39, 0.29) is 24.0 Å². The molecular formula is C28H26FN3O3S. The lowest BCUT2D eigenvalue weighted by Crippen LogP contribution is -2.41. The lowest BCUT2D eigenvalue weighted by molar-refractivity contribution is 0.172. The van der Waals surface area contributed by atoms with Gasteiger partial charge in [0.25, 0.3) is 5.56 Å². The van der Waals surface area contributed by atoms with Crippen LogP contribution in [0.5, 0.6) is 11.5 Å². The van der Waals surface area contributed by atoms with Gasteiger partial charge in [0.1, 0.15) is 19.0 Å². The van der Waals surface area contributed by atoms with Crippen LogP contribution in [-0.2, 0) is 13.1 Å². The van der Waals surface area contributed by atoms with Gasteiger partial charge in [-0.25, -0.2) is 4.39 Å². The van der Waals surface area contributed by atoms with Crippen molar-refractivity contribution in [1.82, 2.24) is 15.2 Å². The number of nitrogens with one attached hydrogen (secondary N) is 2. The van der Waals surface area contributed by atoms with Crippen molar-refractivity contribution in [2.24, 2.45) is 0 Å². The maximum Gasteiger partial charge on any atom is 0.253 e. The first-order chi connectivity index (χ1) is 17.5. The fourth-order valence-corrected chi connectivity index (χ4v) is 4.53. The van der Waals surface area contributed by atoms with Gasteiger partial charge in [-0.15, -0.1) is 0 Å². The second-order valence-corrected chi connectivity index (χ2v) is 9.16. The molecule has 5 rings (SSSR count). The summed E-state index contributed by atoms with van der Waals surface area (Å²) in [7, 11) is 0. The summed E-state index contributed by atoms with van der Waals surface area (Å²) in [6.45, 7) is 3.67. The Morgan fingerprint density at radius 3 is 2.44 bits per heavy atom. The first-order valence-corrected chi connectivity index (χ1v) is 12.2. The van der Waals surface area contributed by atoms with Gasteiger partial charge < -0.3 is 24.7 Å². The largest absolute Gasteiger partial charge is 0.486 e. The summed E-state index contributed by atoms with van der Waals surface area (Å²) >= 11 is 5.79. The lowest BCUT2D eigenvalue weighted by Gasteiger charge is -2.28. The molecule has 8 heteroatoms. The van der Waals surface area contributed by atoms with Crippen LogP contribution in [0, 0.1) is 5.82 Å². The smallest absolute Gasteiger partial charge is 0.253 e. The molecule has 0 aliphatic carbocycles. The van der Waals surface area contributed by atoms with Crippen molar-refractivity contribution < 1.29 is 13.9 Å². The monoisotopic (exact) mass is 503 g/mol. The summed E-state index contributed by atoms with van der Waals surface area (Å²) in [4.78, 5) is 17.9. The Hall–Kier alpha value is -3.91. The molecule has 1 aromatic heterocycles. The van der Waals surface area contributed by atoms with Crippen molar-refractivity contribution in [2.45, 2.75) is 26.1 Å². The van der Waals surface area contributed by atoms with Gasteiger partial charge in [0, 0.05) is 23.6 Å². The summed E-state index contributed by atoms with van der Waals surface area (Å²) in [5.41, 5.74) is 3.00. The number of halogens is 1. The minimum Gasteiger partial charge on any atom is -0.486 e. The number of benzene rings is 3. The summed E-state index contributed by atoms with van der Waals surface area (Å²) in [5, 5.41) is 4.72. The van der Waals surface area contributed by atoms with E-state index in [1.54, 1.807) is 18.2 Å². The maximum absolute atomic E-state index is 13.5. The molecule has 2 N–H and O–H groups in total. The number of aromatic nitrogens is 1. The first kappa shape index (κ1) is 23.8. The molecule has 6 nitrogen and oxygen atoms in total. The molecule has 3 aromatic carbocycles. The molecule has 36 heavy (non-hydrogen) atoms. The quantitative estimate of drug-likeness (QED) is 0.358. The summed E-state index contributed by atoms with van der Waals surface area (Å²) in [6, 6.07) is 21.8. The molecule has 0 saturated heterocycles. The zero-order valence-electron chi connectivity index (χ0n) is 19.8. The van der Waals surface area contributed by atoms with Gasteiger partial charge in [0.05, 0.1) is 18.1 Å². The molecule has 0 radical (unpaired) electrons. The van der Waals surface area contributed by atoms with Gasteiger partial charge in [-0.05, 0) is 54.5 Å². The molecule has 0 amide bonds. The average molecular weight is 504 g/mol. The standard InChI is InChI=1S/C28H26FN3O3S/c1-18(20-5-3-2-4-6-20)30-28(36)32(16-19-7-9-23(29)10-8-19)17-22-13-21-14-25-26(35-12-11-34-25)15-24(21)31-27(22)33/h2-10,13-15,18H,11-12,16-17H2,1H3,(H,30,36)(H,31,33). The third-order valence-electron chi connectivity index (χ3n) is 6.16. The Labute approximate surface area is 213 Å². The van der Waals surface area contributed by atoms with Crippen LogP contribution < -0.4 is 20.3 Å². The minimum absolute atomic E-state index is 0.0343. The van der Waals surface area contributed by atoms with E-state index < -0.39 is 0 Å². The molecule has 2 heterocycles. The fraction of sp³-hybridized carbons (Fsp3) is 0.214. The number of nitrogens with zero attached hydrogens (tertiary/aromatic N) is 1. The molecule has 0 bridgehead atoms. The molecule has 1 unspecified atom stereocenters. The predicted molar refractivity (Wildman–Crippen MR) is 142 cm³/mol. The Morgan fingerprint density at radius 2 is 1.72 bits per heavy atom. The molecule has 0 fully saturated rings. The fourth-order valence-electron chi connectivity index (χ4n) is 4.22. The molecule has 1 aliphatic heterocycles. The number of H-pyrrole nitrogens is 1. The highest BCUT2D eigenvalue weighted by molar-refractivity contribution is 7.80. The van der Waals surface area contributed by atoms with Gasteiger partial charge in [-0.3, -0.25) is 4.79 Å². The summed E-state index contributed by atoms with van der Waals surface area (Å²) in [5.74, 6) is 0.975. The van der Waals surface area contributed by atoms with Crippen LogP contribution in [0.4, 0.5) is 4.39 Å². The number of rotatable bonds is 6. The molecular weight excluding hydrogens is 477 g/mol. The van der Waals surface area contributed by atoms with Crippen LogP contribution in [0.15, 0.2) is 77.6 Å². The van der Waals surface area contributed by atoms with Gasteiger partial charge in [-0.1, -0.05) is 42.5 Å². The Bertz CT molecular complexity index is 1440. The number of aromatic amines is 1. The van der Waals surface area contributed by atoms with E-state index in [1.165, 1.54) is 12.1 Å². The SMILES string of the molecule is CC(NC(=S)N(Cc1ccc(F)cc1)Cc1cc2cc3c(cc2[nH]c1=O)OCCO3)c1ccccc1. The van der Waals surface area contributed by atoms with Gasteiger partial charge in [0.2, 0.25) is 0 Å². The molecule has 0 spiro atoms. The number of thiocarbonyl (C=S) groups is 1. The van der Waals surface area contributed by atoms with E-state index in [9.17, 15) is 9.18 Å².